The zero-order valence-electron chi connectivity index (χ0n) is 17.8. The second-order valence-electron chi connectivity index (χ2n) is 8.01. The van der Waals surface area contributed by atoms with E-state index in [1.165, 1.54) is 11.1 Å². The molecular weight excluding hydrogens is 380 g/mol. The largest absolute Gasteiger partial charge is 0.485 e. The summed E-state index contributed by atoms with van der Waals surface area (Å²) < 4.78 is 23.6. The highest BCUT2D eigenvalue weighted by Gasteiger charge is 2.37. The van der Waals surface area contributed by atoms with Crippen LogP contribution in [0.5, 0.6) is 23.0 Å². The fourth-order valence-corrected chi connectivity index (χ4v) is 3.79. The van der Waals surface area contributed by atoms with Gasteiger partial charge in [-0.3, -0.25) is 4.79 Å². The lowest BCUT2D eigenvalue weighted by Crippen LogP contribution is -2.48. The number of carbonyl (C=O) groups is 1. The van der Waals surface area contributed by atoms with Gasteiger partial charge in [-0.25, -0.2) is 0 Å². The first kappa shape index (κ1) is 20.6. The molecule has 0 amide bonds. The number of Topliss-reactive ketones (excluding diaryl/α,β-unsaturated/α-hetero) is 1. The number of ketones is 1. The summed E-state index contributed by atoms with van der Waals surface area (Å²) in [6.07, 6.45) is 5.22. The van der Waals surface area contributed by atoms with Crippen molar-refractivity contribution in [2.45, 2.75) is 64.6 Å². The maximum Gasteiger partial charge on any atom is 0.220 e. The van der Waals surface area contributed by atoms with Gasteiger partial charge in [0, 0.05) is 0 Å². The van der Waals surface area contributed by atoms with Gasteiger partial charge in [0.05, 0.1) is 0 Å². The molecule has 0 bridgehead atoms. The number of carbonyl (C=O) groups excluding carboxylic acids is 1. The molecule has 5 nitrogen and oxygen atoms in total. The first-order valence-electron chi connectivity index (χ1n) is 11.1. The van der Waals surface area contributed by atoms with Crippen molar-refractivity contribution in [2.24, 2.45) is 0 Å². The minimum Gasteiger partial charge on any atom is -0.485 e. The Morgan fingerprint density at radius 2 is 1.23 bits per heavy atom. The molecule has 0 spiro atoms. The van der Waals surface area contributed by atoms with Crippen LogP contribution in [0.15, 0.2) is 36.4 Å². The van der Waals surface area contributed by atoms with Crippen LogP contribution in [-0.2, 0) is 17.6 Å². The van der Waals surface area contributed by atoms with Gasteiger partial charge in [0.25, 0.3) is 0 Å². The quantitative estimate of drug-likeness (QED) is 0.618. The van der Waals surface area contributed by atoms with Crippen LogP contribution in [0.3, 0.4) is 0 Å². The third kappa shape index (κ3) is 4.55. The Kier molecular flexibility index (Phi) is 6.46. The van der Waals surface area contributed by atoms with Crippen molar-refractivity contribution in [3.05, 3.63) is 47.5 Å². The number of hydrogen-bond acceptors (Lipinski definition) is 5. The summed E-state index contributed by atoms with van der Waals surface area (Å²) in [7, 11) is 0. The van der Waals surface area contributed by atoms with Crippen molar-refractivity contribution in [1.29, 1.82) is 0 Å². The highest BCUT2D eigenvalue weighted by atomic mass is 16.6. The molecule has 2 aliphatic rings. The molecule has 5 heteroatoms. The van der Waals surface area contributed by atoms with Gasteiger partial charge < -0.3 is 18.9 Å². The second kappa shape index (κ2) is 9.41. The lowest BCUT2D eigenvalue weighted by atomic mass is 10.1. The van der Waals surface area contributed by atoms with E-state index in [0.717, 1.165) is 38.5 Å². The van der Waals surface area contributed by atoms with Crippen LogP contribution >= 0.6 is 0 Å². The summed E-state index contributed by atoms with van der Waals surface area (Å²) in [5, 5.41) is 0. The lowest BCUT2D eigenvalue weighted by molar-refractivity contribution is -0.137. The minimum absolute atomic E-state index is 0.156. The molecule has 2 aromatic rings. The summed E-state index contributed by atoms with van der Waals surface area (Å²) in [6, 6.07) is 11.9. The van der Waals surface area contributed by atoms with Gasteiger partial charge in [0.2, 0.25) is 5.78 Å². The Morgan fingerprint density at radius 1 is 0.767 bits per heavy atom. The van der Waals surface area contributed by atoms with Crippen LogP contribution in [0, 0.1) is 0 Å². The van der Waals surface area contributed by atoms with Gasteiger partial charge in [-0.1, -0.05) is 38.8 Å². The van der Waals surface area contributed by atoms with Crippen molar-refractivity contribution in [2.75, 3.05) is 13.2 Å². The lowest BCUT2D eigenvalue weighted by Gasteiger charge is -2.31. The molecule has 0 saturated heterocycles. The predicted octanol–water partition coefficient (Wildman–Crippen LogP) is 4.92. The van der Waals surface area contributed by atoms with Crippen molar-refractivity contribution in [3.8, 4) is 23.0 Å². The monoisotopic (exact) mass is 410 g/mol. The zero-order chi connectivity index (χ0) is 20.9. The molecule has 2 aromatic carbocycles. The van der Waals surface area contributed by atoms with Crippen molar-refractivity contribution >= 4 is 5.78 Å². The Labute approximate surface area is 178 Å². The van der Waals surface area contributed by atoms with E-state index in [9.17, 15) is 4.79 Å². The molecule has 0 saturated carbocycles. The fourth-order valence-electron chi connectivity index (χ4n) is 3.79. The Bertz CT molecular complexity index is 820. The Hall–Kier alpha value is -2.69. The number of ether oxygens (including phenoxy) is 4. The van der Waals surface area contributed by atoms with E-state index < -0.39 is 12.2 Å². The Balaban J connectivity index is 1.39. The number of unbranched alkanes of at least 4 members (excludes halogenated alkanes) is 2. The summed E-state index contributed by atoms with van der Waals surface area (Å²) in [6.45, 7) is 4.72. The van der Waals surface area contributed by atoms with E-state index >= 15 is 0 Å². The van der Waals surface area contributed by atoms with Crippen LogP contribution in [0.25, 0.3) is 0 Å². The van der Waals surface area contributed by atoms with E-state index in [2.05, 4.69) is 13.8 Å². The van der Waals surface area contributed by atoms with Gasteiger partial charge in [-0.15, -0.1) is 0 Å². The van der Waals surface area contributed by atoms with Crippen LogP contribution in [-0.4, -0.2) is 31.2 Å². The number of rotatable bonds is 8. The van der Waals surface area contributed by atoms with Crippen molar-refractivity contribution < 1.29 is 23.7 Å². The molecule has 0 radical (unpaired) electrons. The summed E-state index contributed by atoms with van der Waals surface area (Å²) in [4.78, 5) is 13.0. The Morgan fingerprint density at radius 3 is 1.67 bits per heavy atom. The third-order valence-corrected chi connectivity index (χ3v) is 5.61. The SMILES string of the molecule is CCCCc1ccc2c(c1)OCC(C(=O)C1COc3cc(CCCC)ccc3O1)O2. The van der Waals surface area contributed by atoms with E-state index in [1.807, 2.05) is 36.4 Å². The van der Waals surface area contributed by atoms with E-state index in [0.29, 0.717) is 23.0 Å². The van der Waals surface area contributed by atoms with Crippen LogP contribution in [0.1, 0.15) is 50.7 Å². The molecule has 30 heavy (non-hydrogen) atoms. The molecule has 2 unspecified atom stereocenters. The van der Waals surface area contributed by atoms with Gasteiger partial charge >= 0.3 is 0 Å². The molecule has 0 N–H and O–H groups in total. The van der Waals surface area contributed by atoms with Gasteiger partial charge in [0.15, 0.2) is 35.2 Å². The van der Waals surface area contributed by atoms with Crippen LogP contribution in [0.2, 0.25) is 0 Å². The van der Waals surface area contributed by atoms with Gasteiger partial charge in [0.1, 0.15) is 13.2 Å². The number of hydrogen-bond donors (Lipinski definition) is 0. The average Bonchev–Trinajstić information content (AvgIpc) is 2.80. The number of benzene rings is 2. The van der Waals surface area contributed by atoms with Crippen molar-refractivity contribution in [1.82, 2.24) is 0 Å². The van der Waals surface area contributed by atoms with Gasteiger partial charge in [-0.05, 0) is 61.1 Å². The molecule has 160 valence electrons. The third-order valence-electron chi connectivity index (χ3n) is 5.61. The molecule has 0 aliphatic carbocycles. The normalized spacial score (nSPS) is 19.4. The maximum atomic E-state index is 13.0. The molecule has 0 aromatic heterocycles. The highest BCUT2D eigenvalue weighted by Crippen LogP contribution is 2.36. The molecule has 0 fully saturated rings. The average molecular weight is 411 g/mol. The predicted molar refractivity (Wildman–Crippen MR) is 115 cm³/mol. The molecule has 2 atom stereocenters. The van der Waals surface area contributed by atoms with E-state index in [1.54, 1.807) is 0 Å². The van der Waals surface area contributed by atoms with Crippen LogP contribution in [0.4, 0.5) is 0 Å². The molecule has 4 rings (SSSR count). The second-order valence-corrected chi connectivity index (χ2v) is 8.01. The van der Waals surface area contributed by atoms with E-state index in [-0.39, 0.29) is 19.0 Å². The number of fused-ring (bicyclic) bond motifs is 2. The maximum absolute atomic E-state index is 13.0. The molecular formula is C25H30O5. The smallest absolute Gasteiger partial charge is 0.220 e. The van der Waals surface area contributed by atoms with Crippen LogP contribution < -0.4 is 18.9 Å². The van der Waals surface area contributed by atoms with Gasteiger partial charge in [-0.2, -0.15) is 0 Å². The first-order valence-corrected chi connectivity index (χ1v) is 11.1. The topological polar surface area (TPSA) is 54.0 Å². The molecule has 2 aliphatic heterocycles. The highest BCUT2D eigenvalue weighted by molar-refractivity contribution is 5.89. The molecule has 2 heterocycles. The standard InChI is InChI=1S/C25H30O5/c1-3-5-7-17-9-11-19-21(13-17)27-15-23(29-19)25(26)24-16-28-22-14-18(8-6-4-2)10-12-20(22)30-24/h9-14,23-24H,3-8,15-16H2,1-2H3. The van der Waals surface area contributed by atoms with Crippen molar-refractivity contribution in [3.63, 3.8) is 0 Å². The fraction of sp³-hybridized carbons (Fsp3) is 0.480. The summed E-state index contributed by atoms with van der Waals surface area (Å²) in [5.41, 5.74) is 2.45. The first-order chi connectivity index (χ1) is 14.7. The van der Waals surface area contributed by atoms with E-state index in [4.69, 9.17) is 18.9 Å². The summed E-state index contributed by atoms with van der Waals surface area (Å²) >= 11 is 0. The summed E-state index contributed by atoms with van der Waals surface area (Å²) in [5.74, 6) is 2.48. The minimum atomic E-state index is -0.696. The number of aryl methyl sites for hydroxylation is 2. The zero-order valence-corrected chi connectivity index (χ0v) is 17.8.